The molecule has 1 saturated carbocycles. The maximum atomic E-state index is 12.9. The van der Waals surface area contributed by atoms with Crippen LogP contribution < -0.4 is 5.56 Å². The Morgan fingerprint density at radius 3 is 2.61 bits per heavy atom. The summed E-state index contributed by atoms with van der Waals surface area (Å²) in [5, 5.41) is 10.6. The summed E-state index contributed by atoms with van der Waals surface area (Å²) >= 11 is 0. The zero-order chi connectivity index (χ0) is 21.1. The van der Waals surface area contributed by atoms with Gasteiger partial charge in [0.25, 0.3) is 5.56 Å². The van der Waals surface area contributed by atoms with Crippen molar-refractivity contribution >= 4 is 11.0 Å². The van der Waals surface area contributed by atoms with Crippen molar-refractivity contribution in [1.82, 2.24) is 24.1 Å². The fourth-order valence-electron chi connectivity index (χ4n) is 4.61. The highest BCUT2D eigenvalue weighted by molar-refractivity contribution is 5.80. The Morgan fingerprint density at radius 2 is 1.84 bits per heavy atom. The molecule has 3 aromatic heterocycles. The molecule has 6 rings (SSSR count). The van der Waals surface area contributed by atoms with Gasteiger partial charge in [-0.15, -0.1) is 0 Å². The Morgan fingerprint density at radius 1 is 1.03 bits per heavy atom. The van der Waals surface area contributed by atoms with E-state index in [1.54, 1.807) is 7.05 Å². The van der Waals surface area contributed by atoms with E-state index in [0.29, 0.717) is 17.7 Å². The third-order valence-electron chi connectivity index (χ3n) is 6.55. The first kappa shape index (κ1) is 18.4. The van der Waals surface area contributed by atoms with Crippen LogP contribution >= 0.6 is 0 Å². The van der Waals surface area contributed by atoms with Crippen molar-refractivity contribution in [2.24, 2.45) is 7.05 Å². The van der Waals surface area contributed by atoms with Crippen LogP contribution in [-0.2, 0) is 19.9 Å². The van der Waals surface area contributed by atoms with Gasteiger partial charge in [0.1, 0.15) is 5.76 Å². The number of aromatic hydroxyl groups is 1. The van der Waals surface area contributed by atoms with Gasteiger partial charge in [0.2, 0.25) is 11.6 Å². The molecule has 0 saturated heterocycles. The smallest absolute Gasteiger partial charge is 0.296 e. The summed E-state index contributed by atoms with van der Waals surface area (Å²) in [4.78, 5) is 27.0. The van der Waals surface area contributed by atoms with E-state index in [-0.39, 0.29) is 11.6 Å². The molecule has 0 spiro atoms. The minimum Gasteiger partial charge on any atom is -0.501 e. The molecule has 1 fully saturated rings. The number of oxazole rings is 1. The number of para-hydroxylation sites is 2. The molecule has 0 bridgehead atoms. The van der Waals surface area contributed by atoms with Crippen molar-refractivity contribution < 1.29 is 9.52 Å². The lowest BCUT2D eigenvalue weighted by Gasteiger charge is -2.29. The van der Waals surface area contributed by atoms with Crippen LogP contribution in [0.2, 0.25) is 0 Å². The number of rotatable bonds is 3. The number of imidazole rings is 1. The van der Waals surface area contributed by atoms with Crippen LogP contribution in [0.25, 0.3) is 34.3 Å². The molecule has 0 aliphatic heterocycles. The molecule has 0 atom stereocenters. The highest BCUT2D eigenvalue weighted by Gasteiger charge is 2.29. The normalized spacial score (nSPS) is 16.4. The second-order valence-electron chi connectivity index (χ2n) is 8.47. The molecular formula is C23H23N5O3. The summed E-state index contributed by atoms with van der Waals surface area (Å²) in [7, 11) is 1.61. The van der Waals surface area contributed by atoms with Gasteiger partial charge in [0.15, 0.2) is 17.3 Å². The van der Waals surface area contributed by atoms with E-state index >= 15 is 0 Å². The summed E-state index contributed by atoms with van der Waals surface area (Å²) in [5.41, 5.74) is 2.33. The van der Waals surface area contributed by atoms with Gasteiger partial charge in [-0.25, -0.2) is 15.0 Å². The van der Waals surface area contributed by atoms with Crippen molar-refractivity contribution in [3.05, 3.63) is 46.1 Å². The summed E-state index contributed by atoms with van der Waals surface area (Å²) in [6.45, 7) is 0. The topological polar surface area (TPSA) is 99.0 Å². The van der Waals surface area contributed by atoms with Gasteiger partial charge in [-0.3, -0.25) is 9.36 Å². The van der Waals surface area contributed by atoms with Crippen molar-refractivity contribution in [3.63, 3.8) is 0 Å². The number of aryl methyl sites for hydroxylation is 2. The number of aromatic nitrogens is 5. The molecule has 1 aromatic carbocycles. The molecule has 31 heavy (non-hydrogen) atoms. The Labute approximate surface area is 178 Å². The number of benzene rings is 1. The molecule has 1 N–H and O–H groups in total. The number of fused-ring (bicyclic) bond motifs is 2. The van der Waals surface area contributed by atoms with Gasteiger partial charge in [0, 0.05) is 19.5 Å². The molecule has 4 aromatic rings. The van der Waals surface area contributed by atoms with Gasteiger partial charge >= 0.3 is 0 Å². The van der Waals surface area contributed by atoms with E-state index in [0.717, 1.165) is 61.0 Å². The van der Waals surface area contributed by atoms with Crippen LogP contribution in [-0.4, -0.2) is 29.2 Å². The fraction of sp³-hybridized carbons (Fsp3) is 0.391. The van der Waals surface area contributed by atoms with Gasteiger partial charge in [-0.1, -0.05) is 12.1 Å². The zero-order valence-electron chi connectivity index (χ0n) is 17.3. The van der Waals surface area contributed by atoms with Crippen LogP contribution in [0.3, 0.4) is 0 Å². The fourth-order valence-corrected chi connectivity index (χ4v) is 4.61. The van der Waals surface area contributed by atoms with E-state index in [1.807, 2.05) is 24.3 Å². The number of nitrogens with zero attached hydrogens (tertiary/aromatic N) is 5. The lowest BCUT2D eigenvalue weighted by Crippen LogP contribution is -2.24. The van der Waals surface area contributed by atoms with Crippen LogP contribution in [0.4, 0.5) is 0 Å². The summed E-state index contributed by atoms with van der Waals surface area (Å²) in [6, 6.07) is 8.29. The van der Waals surface area contributed by atoms with E-state index in [4.69, 9.17) is 9.40 Å². The average molecular weight is 417 g/mol. The Balaban J connectivity index is 1.59. The van der Waals surface area contributed by atoms with E-state index in [2.05, 4.69) is 14.5 Å². The molecule has 8 nitrogen and oxygen atoms in total. The molecular weight excluding hydrogens is 394 g/mol. The molecule has 8 heteroatoms. The second kappa shape index (κ2) is 6.80. The number of hydrogen-bond acceptors (Lipinski definition) is 6. The van der Waals surface area contributed by atoms with Crippen molar-refractivity contribution in [3.8, 4) is 29.0 Å². The van der Waals surface area contributed by atoms with E-state index in [9.17, 15) is 9.90 Å². The van der Waals surface area contributed by atoms with Gasteiger partial charge in [0.05, 0.1) is 16.7 Å². The van der Waals surface area contributed by atoms with Crippen LogP contribution in [0.1, 0.15) is 49.6 Å². The highest BCUT2D eigenvalue weighted by atomic mass is 16.4. The lowest BCUT2D eigenvalue weighted by molar-refractivity contribution is 0.322. The zero-order valence-corrected chi connectivity index (χ0v) is 17.3. The van der Waals surface area contributed by atoms with Gasteiger partial charge < -0.3 is 14.1 Å². The van der Waals surface area contributed by atoms with E-state index in [1.165, 1.54) is 11.0 Å². The Kier molecular flexibility index (Phi) is 4.03. The highest BCUT2D eigenvalue weighted by Crippen LogP contribution is 2.38. The predicted molar refractivity (Wildman–Crippen MR) is 115 cm³/mol. The monoisotopic (exact) mass is 417 g/mol. The summed E-state index contributed by atoms with van der Waals surface area (Å²) in [5.74, 6) is 1.61. The second-order valence-corrected chi connectivity index (χ2v) is 8.47. The Hall–Kier alpha value is -3.42. The molecule has 0 amide bonds. The van der Waals surface area contributed by atoms with Crippen LogP contribution in [0.15, 0.2) is 33.5 Å². The van der Waals surface area contributed by atoms with Crippen molar-refractivity contribution in [2.45, 2.75) is 51.0 Å². The molecule has 158 valence electrons. The maximum Gasteiger partial charge on any atom is 0.296 e. The first-order valence-electron chi connectivity index (χ1n) is 10.9. The first-order chi connectivity index (χ1) is 15.1. The number of hydrogen-bond donors (Lipinski definition) is 1. The minimum atomic E-state index is -0.539. The predicted octanol–water partition coefficient (Wildman–Crippen LogP) is 3.76. The average Bonchev–Trinajstić information content (AvgIpc) is 3.33. The summed E-state index contributed by atoms with van der Waals surface area (Å²) in [6.07, 6.45) is 7.08. The third-order valence-corrected chi connectivity index (χ3v) is 6.55. The quantitative estimate of drug-likeness (QED) is 0.545. The molecule has 3 heterocycles. The summed E-state index contributed by atoms with van der Waals surface area (Å²) < 4.78 is 9.46. The molecule has 0 radical (unpaired) electrons. The first-order valence-corrected chi connectivity index (χ1v) is 10.9. The van der Waals surface area contributed by atoms with Crippen molar-refractivity contribution in [2.75, 3.05) is 0 Å². The minimum absolute atomic E-state index is 0.0831. The SMILES string of the molecule is Cn1c(-c2nc3ccccc3n2C2CCC2)nc(-c2nc3c(o2)CCCC3)c(O)c1=O. The third kappa shape index (κ3) is 2.74. The van der Waals surface area contributed by atoms with Crippen LogP contribution in [0.5, 0.6) is 5.75 Å². The van der Waals surface area contributed by atoms with Crippen LogP contribution in [0, 0.1) is 0 Å². The van der Waals surface area contributed by atoms with E-state index < -0.39 is 11.3 Å². The largest absolute Gasteiger partial charge is 0.501 e. The van der Waals surface area contributed by atoms with Crippen molar-refractivity contribution in [1.29, 1.82) is 0 Å². The van der Waals surface area contributed by atoms with Gasteiger partial charge in [-0.05, 0) is 50.7 Å². The standard InChI is InChI=1S/C23H23N5O3/c1-27-20(21-24-14-9-2-4-11-16(14)28(21)13-7-6-8-13)26-18(19(29)23(27)30)22-25-15-10-3-5-12-17(15)31-22/h2,4,9,11,13,29H,3,5-8,10,12H2,1H3. The molecule has 2 aliphatic rings. The lowest BCUT2D eigenvalue weighted by atomic mass is 9.92. The molecule has 0 unspecified atom stereocenters. The maximum absolute atomic E-state index is 12.9. The Bertz CT molecular complexity index is 1350. The van der Waals surface area contributed by atoms with Gasteiger partial charge in [-0.2, -0.15) is 0 Å². The molecule has 2 aliphatic carbocycles.